The molecule has 0 aromatic heterocycles. The first-order valence-corrected chi connectivity index (χ1v) is 9.35. The molecule has 1 aromatic carbocycles. The van der Waals surface area contributed by atoms with Crippen molar-refractivity contribution in [1.29, 1.82) is 0 Å². The van der Waals surface area contributed by atoms with E-state index in [0.29, 0.717) is 18.0 Å². The van der Waals surface area contributed by atoms with E-state index < -0.39 is 5.60 Å². The molecule has 2 saturated heterocycles. The molecule has 2 fully saturated rings. The van der Waals surface area contributed by atoms with Crippen LogP contribution < -0.4 is 5.32 Å². The average Bonchev–Trinajstić information content (AvgIpc) is 2.94. The van der Waals surface area contributed by atoms with Gasteiger partial charge >= 0.3 is 0 Å². The van der Waals surface area contributed by atoms with E-state index in [-0.39, 0.29) is 11.9 Å². The van der Waals surface area contributed by atoms with Gasteiger partial charge in [-0.05, 0) is 57.9 Å². The van der Waals surface area contributed by atoms with Crippen molar-refractivity contribution in [3.8, 4) is 0 Å². The highest BCUT2D eigenvalue weighted by Crippen LogP contribution is 2.22. The van der Waals surface area contributed by atoms with Crippen LogP contribution in [0.4, 0.5) is 0 Å². The monoisotopic (exact) mass is 345 g/mol. The predicted octanol–water partition coefficient (Wildman–Crippen LogP) is 1.51. The average molecular weight is 345 g/mol. The Labute approximate surface area is 151 Å². The Morgan fingerprint density at radius 3 is 2.64 bits per heavy atom. The lowest BCUT2D eigenvalue weighted by Gasteiger charge is -2.34. The van der Waals surface area contributed by atoms with Gasteiger partial charge in [-0.2, -0.15) is 0 Å². The van der Waals surface area contributed by atoms with Crippen LogP contribution in [0.5, 0.6) is 0 Å². The second kappa shape index (κ2) is 7.44. The van der Waals surface area contributed by atoms with Gasteiger partial charge in [0.15, 0.2) is 0 Å². The minimum atomic E-state index is -0.654. The maximum absolute atomic E-state index is 12.5. The Balaban J connectivity index is 1.52. The van der Waals surface area contributed by atoms with Gasteiger partial charge in [0.05, 0.1) is 5.60 Å². The molecule has 1 aromatic rings. The Morgan fingerprint density at radius 2 is 1.96 bits per heavy atom. The van der Waals surface area contributed by atoms with E-state index in [4.69, 9.17) is 0 Å². The summed E-state index contributed by atoms with van der Waals surface area (Å²) >= 11 is 0. The number of hydrogen-bond acceptors (Lipinski definition) is 4. The van der Waals surface area contributed by atoms with Crippen LogP contribution in [0.1, 0.15) is 42.6 Å². The van der Waals surface area contributed by atoms with E-state index in [1.165, 1.54) is 0 Å². The lowest BCUT2D eigenvalue weighted by atomic mass is 9.98. The number of nitrogens with one attached hydrogen (secondary N) is 1. The number of carbonyl (C=O) groups excluding carboxylic acids is 1. The van der Waals surface area contributed by atoms with Gasteiger partial charge in [-0.25, -0.2) is 0 Å². The van der Waals surface area contributed by atoms with Crippen LogP contribution in [-0.4, -0.2) is 71.7 Å². The summed E-state index contributed by atoms with van der Waals surface area (Å²) in [5, 5.41) is 13.0. The largest absolute Gasteiger partial charge is 0.390 e. The van der Waals surface area contributed by atoms with E-state index in [1.807, 2.05) is 38.1 Å². The maximum Gasteiger partial charge on any atom is 0.251 e. The highest BCUT2D eigenvalue weighted by Gasteiger charge is 2.35. The van der Waals surface area contributed by atoms with Crippen LogP contribution in [0.3, 0.4) is 0 Å². The van der Waals surface area contributed by atoms with Gasteiger partial charge in [-0.3, -0.25) is 9.69 Å². The number of rotatable bonds is 5. The van der Waals surface area contributed by atoms with Crippen molar-refractivity contribution in [3.05, 3.63) is 35.4 Å². The topological polar surface area (TPSA) is 55.8 Å². The van der Waals surface area contributed by atoms with E-state index in [9.17, 15) is 9.90 Å². The molecular formula is C20H31N3O2. The molecule has 0 unspecified atom stereocenters. The fourth-order valence-corrected chi connectivity index (χ4v) is 3.84. The SMILES string of the molecule is CN1CCN2C[C@@H](NC(=O)c3ccc(CCC(C)(C)O)cc3)C[C@H]2C1. The first-order chi connectivity index (χ1) is 11.8. The number of benzene rings is 1. The van der Waals surface area contributed by atoms with Crippen molar-refractivity contribution in [2.45, 2.75) is 50.8 Å². The standard InChI is InChI=1S/C20H31N3O2/c1-20(2,25)9-8-15-4-6-16(7-5-15)19(24)21-17-12-18-14-22(3)10-11-23(18)13-17/h4-7,17-18,25H,8-14H2,1-3H3,(H,21,24)/t17-,18-/m0/s1. The van der Waals surface area contributed by atoms with Crippen LogP contribution in [0.2, 0.25) is 0 Å². The molecule has 0 aliphatic carbocycles. The van der Waals surface area contributed by atoms with Crippen molar-refractivity contribution in [2.24, 2.45) is 0 Å². The van der Waals surface area contributed by atoms with Gasteiger partial charge in [0.1, 0.15) is 0 Å². The summed E-state index contributed by atoms with van der Waals surface area (Å²) in [5.74, 6) is 0.0206. The number of hydrogen-bond donors (Lipinski definition) is 2. The molecule has 2 aliphatic rings. The minimum absolute atomic E-state index is 0.0206. The van der Waals surface area contributed by atoms with Gasteiger partial charge < -0.3 is 15.3 Å². The smallest absolute Gasteiger partial charge is 0.251 e. The van der Waals surface area contributed by atoms with Crippen LogP contribution >= 0.6 is 0 Å². The van der Waals surface area contributed by atoms with E-state index in [0.717, 1.165) is 44.6 Å². The third-order valence-corrected chi connectivity index (χ3v) is 5.40. The normalized spacial score (nSPS) is 25.0. The predicted molar refractivity (Wildman–Crippen MR) is 99.8 cm³/mol. The highest BCUT2D eigenvalue weighted by molar-refractivity contribution is 5.94. The summed E-state index contributed by atoms with van der Waals surface area (Å²) in [6.45, 7) is 7.92. The van der Waals surface area contributed by atoms with Crippen molar-refractivity contribution in [3.63, 3.8) is 0 Å². The second-order valence-electron chi connectivity index (χ2n) is 8.33. The molecule has 0 saturated carbocycles. The third kappa shape index (κ3) is 5.03. The Morgan fingerprint density at radius 1 is 1.24 bits per heavy atom. The molecule has 138 valence electrons. The molecule has 1 amide bonds. The fourth-order valence-electron chi connectivity index (χ4n) is 3.84. The van der Waals surface area contributed by atoms with Gasteiger partial charge in [0.2, 0.25) is 0 Å². The van der Waals surface area contributed by atoms with E-state index in [1.54, 1.807) is 0 Å². The Bertz CT molecular complexity index is 594. The number of aliphatic hydroxyl groups is 1. The summed E-state index contributed by atoms with van der Waals surface area (Å²) in [5.41, 5.74) is 1.22. The first-order valence-electron chi connectivity index (χ1n) is 9.35. The van der Waals surface area contributed by atoms with Gasteiger partial charge in [-0.15, -0.1) is 0 Å². The molecule has 5 heteroatoms. The van der Waals surface area contributed by atoms with Crippen molar-refractivity contribution >= 4 is 5.91 Å². The van der Waals surface area contributed by atoms with Crippen LogP contribution in [0.15, 0.2) is 24.3 Å². The quantitative estimate of drug-likeness (QED) is 0.849. The molecule has 5 nitrogen and oxygen atoms in total. The molecule has 0 bridgehead atoms. The third-order valence-electron chi connectivity index (χ3n) is 5.40. The van der Waals surface area contributed by atoms with Crippen LogP contribution in [0.25, 0.3) is 0 Å². The number of carbonyl (C=O) groups is 1. The minimum Gasteiger partial charge on any atom is -0.390 e. The summed E-state index contributed by atoms with van der Waals surface area (Å²) in [6, 6.07) is 8.60. The summed E-state index contributed by atoms with van der Waals surface area (Å²) in [7, 11) is 2.17. The molecule has 3 rings (SSSR count). The number of aryl methyl sites for hydroxylation is 1. The molecule has 2 N–H and O–H groups in total. The van der Waals surface area contributed by atoms with Crippen LogP contribution in [0, 0.1) is 0 Å². The number of likely N-dealkylation sites (N-methyl/N-ethyl adjacent to an activating group) is 1. The Hall–Kier alpha value is -1.43. The maximum atomic E-state index is 12.5. The molecular weight excluding hydrogens is 314 g/mol. The zero-order valence-corrected chi connectivity index (χ0v) is 15.7. The number of piperazine rings is 1. The molecule has 2 heterocycles. The highest BCUT2D eigenvalue weighted by atomic mass is 16.3. The number of amides is 1. The van der Waals surface area contributed by atoms with Crippen LogP contribution in [-0.2, 0) is 6.42 Å². The van der Waals surface area contributed by atoms with Gasteiger partial charge in [0, 0.05) is 43.8 Å². The molecule has 25 heavy (non-hydrogen) atoms. The van der Waals surface area contributed by atoms with Crippen molar-refractivity contribution in [2.75, 3.05) is 33.2 Å². The Kier molecular flexibility index (Phi) is 5.46. The lowest BCUT2D eigenvalue weighted by molar-refractivity contribution is 0.0713. The molecule has 2 atom stereocenters. The number of fused-ring (bicyclic) bond motifs is 1. The zero-order chi connectivity index (χ0) is 18.0. The molecule has 0 spiro atoms. The summed E-state index contributed by atoms with van der Waals surface area (Å²) < 4.78 is 0. The van der Waals surface area contributed by atoms with Gasteiger partial charge in [-0.1, -0.05) is 12.1 Å². The second-order valence-corrected chi connectivity index (χ2v) is 8.33. The van der Waals surface area contributed by atoms with E-state index in [2.05, 4.69) is 22.2 Å². The summed E-state index contributed by atoms with van der Waals surface area (Å²) in [4.78, 5) is 17.4. The summed E-state index contributed by atoms with van der Waals surface area (Å²) in [6.07, 6.45) is 2.57. The number of nitrogens with zero attached hydrogens (tertiary/aromatic N) is 2. The molecule has 2 aliphatic heterocycles. The van der Waals surface area contributed by atoms with Gasteiger partial charge in [0.25, 0.3) is 5.91 Å². The molecule has 0 radical (unpaired) electrons. The lowest BCUT2D eigenvalue weighted by Crippen LogP contribution is -2.48. The van der Waals surface area contributed by atoms with Crippen molar-refractivity contribution in [1.82, 2.24) is 15.1 Å². The fraction of sp³-hybridized carbons (Fsp3) is 0.650. The zero-order valence-electron chi connectivity index (χ0n) is 15.7. The first kappa shape index (κ1) is 18.4. The van der Waals surface area contributed by atoms with E-state index >= 15 is 0 Å². The van der Waals surface area contributed by atoms with Crippen molar-refractivity contribution < 1.29 is 9.90 Å².